The number of ether oxygens (including phenoxy) is 3. The van der Waals surface area contributed by atoms with Gasteiger partial charge in [-0.25, -0.2) is 4.79 Å². The normalized spacial score (nSPS) is 13.4. The van der Waals surface area contributed by atoms with Crippen molar-refractivity contribution in [3.63, 3.8) is 0 Å². The highest BCUT2D eigenvalue weighted by molar-refractivity contribution is 5.88. The van der Waals surface area contributed by atoms with Crippen molar-refractivity contribution in [2.75, 3.05) is 7.11 Å². The fraction of sp³-hybridized carbons (Fsp3) is 0.364. The number of benzene rings is 3. The summed E-state index contributed by atoms with van der Waals surface area (Å²) in [6, 6.07) is 23.7. The van der Waals surface area contributed by atoms with Gasteiger partial charge in [0.25, 0.3) is 0 Å². The van der Waals surface area contributed by atoms with E-state index in [2.05, 4.69) is 10.6 Å². The average Bonchev–Trinajstić information content (AvgIpc) is 2.96. The molecule has 218 valence electrons. The third-order valence-electron chi connectivity index (χ3n) is 6.22. The van der Waals surface area contributed by atoms with Crippen LogP contribution in [0.25, 0.3) is 0 Å². The summed E-state index contributed by atoms with van der Waals surface area (Å²) < 4.78 is 16.4. The summed E-state index contributed by atoms with van der Waals surface area (Å²) >= 11 is 0. The minimum absolute atomic E-state index is 0.0959. The Hall–Kier alpha value is -4.17. The molecule has 0 aliphatic heterocycles. The quantitative estimate of drug-likeness (QED) is 0.299. The first-order valence-corrected chi connectivity index (χ1v) is 13.7. The molecule has 0 heterocycles. The number of carbonyl (C=O) groups excluding carboxylic acids is 3. The summed E-state index contributed by atoms with van der Waals surface area (Å²) in [7, 11) is 1.31. The molecule has 2 N–H and O–H groups in total. The molecule has 8 heteroatoms. The van der Waals surface area contributed by atoms with Crippen LogP contribution in [0.3, 0.4) is 0 Å². The van der Waals surface area contributed by atoms with Crippen LogP contribution in [0.5, 0.6) is 5.75 Å². The van der Waals surface area contributed by atoms with Gasteiger partial charge in [-0.3, -0.25) is 14.9 Å². The first kappa shape index (κ1) is 31.4. The van der Waals surface area contributed by atoms with Crippen molar-refractivity contribution >= 4 is 17.8 Å². The molecule has 0 spiro atoms. The van der Waals surface area contributed by atoms with Crippen LogP contribution in [-0.4, -0.2) is 48.7 Å². The molecule has 3 atom stereocenters. The number of nitrogens with one attached hydrogen (secondary N) is 2. The van der Waals surface area contributed by atoms with Crippen molar-refractivity contribution in [3.8, 4) is 5.75 Å². The van der Waals surface area contributed by atoms with E-state index < -0.39 is 36.0 Å². The Kier molecular flexibility index (Phi) is 11.5. The number of esters is 2. The molecule has 41 heavy (non-hydrogen) atoms. The lowest BCUT2D eigenvalue weighted by Gasteiger charge is -2.24. The molecule has 0 fully saturated rings. The topological polar surface area (TPSA) is 103 Å². The van der Waals surface area contributed by atoms with Crippen LogP contribution in [-0.2, 0) is 43.3 Å². The Balaban J connectivity index is 1.67. The van der Waals surface area contributed by atoms with Gasteiger partial charge in [-0.05, 0) is 62.9 Å². The number of rotatable bonds is 13. The zero-order valence-corrected chi connectivity index (χ0v) is 24.4. The van der Waals surface area contributed by atoms with E-state index in [9.17, 15) is 14.4 Å². The fourth-order valence-electron chi connectivity index (χ4n) is 4.18. The van der Waals surface area contributed by atoms with Gasteiger partial charge in [0.05, 0.1) is 13.2 Å². The van der Waals surface area contributed by atoms with E-state index >= 15 is 0 Å². The first-order chi connectivity index (χ1) is 19.5. The van der Waals surface area contributed by atoms with Gasteiger partial charge in [-0.15, -0.1) is 0 Å². The molecule has 0 radical (unpaired) electrons. The summed E-state index contributed by atoms with van der Waals surface area (Å²) in [4.78, 5) is 38.9. The van der Waals surface area contributed by atoms with Crippen molar-refractivity contribution in [1.82, 2.24) is 10.6 Å². The standard InChI is InChI=1S/C33H40N2O6/c1-23(34-28(31(37)39-5)21-25-16-18-27(19-17-25)41-33(2,3)4)30(36)35-29(20-24-12-8-6-9-13-24)32(38)40-22-26-14-10-7-11-15-26/h6-19,23,28-29,34H,20-22H2,1-5H3,(H,35,36)/t23-,28-,29+/m0/s1. The molecule has 3 aromatic rings. The number of carbonyl (C=O) groups is 3. The van der Waals surface area contributed by atoms with E-state index in [1.165, 1.54) is 7.11 Å². The zero-order valence-electron chi connectivity index (χ0n) is 24.4. The third kappa shape index (κ3) is 10.7. The van der Waals surface area contributed by atoms with E-state index in [0.717, 1.165) is 22.4 Å². The lowest BCUT2D eigenvalue weighted by Crippen LogP contribution is -2.54. The van der Waals surface area contributed by atoms with Crippen LogP contribution in [0.4, 0.5) is 0 Å². The van der Waals surface area contributed by atoms with Gasteiger partial charge >= 0.3 is 11.9 Å². The summed E-state index contributed by atoms with van der Waals surface area (Å²) in [6.45, 7) is 7.65. The molecule has 0 aromatic heterocycles. The molecule has 3 rings (SSSR count). The molecule has 3 aromatic carbocycles. The monoisotopic (exact) mass is 560 g/mol. The minimum Gasteiger partial charge on any atom is -0.488 e. The van der Waals surface area contributed by atoms with Gasteiger partial charge < -0.3 is 19.5 Å². The van der Waals surface area contributed by atoms with Gasteiger partial charge in [-0.1, -0.05) is 72.8 Å². The van der Waals surface area contributed by atoms with Crippen LogP contribution in [0.15, 0.2) is 84.9 Å². The molecule has 1 amide bonds. The maximum atomic E-state index is 13.2. The van der Waals surface area contributed by atoms with Crippen LogP contribution in [0, 0.1) is 0 Å². The Morgan fingerprint density at radius 2 is 1.27 bits per heavy atom. The van der Waals surface area contributed by atoms with Crippen LogP contribution < -0.4 is 15.4 Å². The maximum absolute atomic E-state index is 13.2. The summed E-state index contributed by atoms with van der Waals surface area (Å²) in [5.41, 5.74) is 2.27. The van der Waals surface area contributed by atoms with Crippen molar-refractivity contribution in [2.45, 2.75) is 70.9 Å². The van der Waals surface area contributed by atoms with Gasteiger partial charge in [0.1, 0.15) is 30.0 Å². The van der Waals surface area contributed by atoms with Crippen LogP contribution in [0.2, 0.25) is 0 Å². The van der Waals surface area contributed by atoms with Crippen molar-refractivity contribution in [1.29, 1.82) is 0 Å². The van der Waals surface area contributed by atoms with Crippen molar-refractivity contribution in [2.24, 2.45) is 0 Å². The number of hydrogen-bond acceptors (Lipinski definition) is 7. The minimum atomic E-state index is -0.912. The molecule has 0 saturated carbocycles. The average molecular weight is 561 g/mol. The summed E-state index contributed by atoms with van der Waals surface area (Å²) in [6.07, 6.45) is 0.559. The second-order valence-electron chi connectivity index (χ2n) is 10.9. The first-order valence-electron chi connectivity index (χ1n) is 13.7. The fourth-order valence-corrected chi connectivity index (χ4v) is 4.18. The van der Waals surface area contributed by atoms with E-state index in [1.54, 1.807) is 6.92 Å². The predicted molar refractivity (Wildman–Crippen MR) is 157 cm³/mol. The number of hydrogen-bond donors (Lipinski definition) is 2. The molecule has 0 aliphatic carbocycles. The molecule has 0 aliphatic rings. The van der Waals surface area contributed by atoms with Gasteiger partial charge in [0.15, 0.2) is 0 Å². The van der Waals surface area contributed by atoms with Crippen LogP contribution in [0.1, 0.15) is 44.4 Å². The van der Waals surface area contributed by atoms with Crippen molar-refractivity contribution in [3.05, 3.63) is 102 Å². The highest BCUT2D eigenvalue weighted by Crippen LogP contribution is 2.19. The number of amides is 1. The Labute approximate surface area is 242 Å². The molecule has 0 unspecified atom stereocenters. The molecule has 0 saturated heterocycles. The van der Waals surface area contributed by atoms with E-state index in [4.69, 9.17) is 14.2 Å². The van der Waals surface area contributed by atoms with Crippen LogP contribution >= 0.6 is 0 Å². The Morgan fingerprint density at radius 1 is 0.732 bits per heavy atom. The lowest BCUT2D eigenvalue weighted by atomic mass is 10.0. The smallest absolute Gasteiger partial charge is 0.329 e. The molecule has 0 bridgehead atoms. The SMILES string of the molecule is COC(=O)[C@H](Cc1ccc(OC(C)(C)C)cc1)N[C@@H](C)C(=O)N[C@H](Cc1ccccc1)C(=O)OCc1ccccc1. The third-order valence-corrected chi connectivity index (χ3v) is 6.22. The number of methoxy groups -OCH3 is 1. The highest BCUT2D eigenvalue weighted by Gasteiger charge is 2.29. The van der Waals surface area contributed by atoms with E-state index in [0.29, 0.717) is 6.42 Å². The zero-order chi connectivity index (χ0) is 29.8. The van der Waals surface area contributed by atoms with Gasteiger partial charge in [0, 0.05) is 6.42 Å². The van der Waals surface area contributed by atoms with Gasteiger partial charge in [-0.2, -0.15) is 0 Å². The highest BCUT2D eigenvalue weighted by atomic mass is 16.5. The molecular formula is C33H40N2O6. The van der Waals surface area contributed by atoms with Gasteiger partial charge in [0.2, 0.25) is 5.91 Å². The lowest BCUT2D eigenvalue weighted by molar-refractivity contribution is -0.149. The molecular weight excluding hydrogens is 520 g/mol. The summed E-state index contributed by atoms with van der Waals surface area (Å²) in [5.74, 6) is -0.756. The second kappa shape index (κ2) is 15.0. The maximum Gasteiger partial charge on any atom is 0.329 e. The largest absolute Gasteiger partial charge is 0.488 e. The Bertz CT molecular complexity index is 1260. The molecule has 8 nitrogen and oxygen atoms in total. The van der Waals surface area contributed by atoms with E-state index in [1.807, 2.05) is 106 Å². The second-order valence-corrected chi connectivity index (χ2v) is 10.9. The van der Waals surface area contributed by atoms with E-state index in [-0.39, 0.29) is 18.6 Å². The Morgan fingerprint density at radius 3 is 1.83 bits per heavy atom. The van der Waals surface area contributed by atoms with Crippen molar-refractivity contribution < 1.29 is 28.6 Å². The predicted octanol–water partition coefficient (Wildman–Crippen LogP) is 4.40. The summed E-state index contributed by atoms with van der Waals surface area (Å²) in [5, 5.41) is 5.88.